The molecule has 2 heterocycles. The number of halogens is 1. The van der Waals surface area contributed by atoms with E-state index >= 15 is 0 Å². The first kappa shape index (κ1) is 17.7. The van der Waals surface area contributed by atoms with Gasteiger partial charge in [0.25, 0.3) is 0 Å². The second-order valence-corrected chi connectivity index (χ2v) is 7.65. The second-order valence-electron chi connectivity index (χ2n) is 7.30. The average Bonchev–Trinajstić information content (AvgIpc) is 2.52. The normalized spacial score (nSPS) is 18.5. The van der Waals surface area contributed by atoms with Crippen molar-refractivity contribution in [1.82, 2.24) is 14.9 Å². The van der Waals surface area contributed by atoms with Crippen LogP contribution in [0.3, 0.4) is 0 Å². The minimum atomic E-state index is -0.499. The molecule has 1 aromatic carbocycles. The number of benzene rings is 1. The van der Waals surface area contributed by atoms with Crippen molar-refractivity contribution >= 4 is 34.5 Å². The van der Waals surface area contributed by atoms with Crippen LogP contribution >= 0.6 is 11.6 Å². The summed E-state index contributed by atoms with van der Waals surface area (Å²) in [4.78, 5) is 25.3. The molecule has 6 nitrogen and oxygen atoms in total. The number of para-hydroxylation sites is 2. The molecule has 2 aromatic rings. The fourth-order valence-corrected chi connectivity index (χ4v) is 3.17. The lowest BCUT2D eigenvalue weighted by Gasteiger charge is -2.40. The number of piperazine rings is 1. The molecule has 1 fully saturated rings. The fourth-order valence-electron chi connectivity index (χ4n) is 2.91. The van der Waals surface area contributed by atoms with Gasteiger partial charge in [-0.05, 0) is 39.8 Å². The van der Waals surface area contributed by atoms with Gasteiger partial charge in [0, 0.05) is 25.7 Å². The van der Waals surface area contributed by atoms with E-state index in [1.807, 2.05) is 52.0 Å². The Hall–Kier alpha value is -2.08. The van der Waals surface area contributed by atoms with Gasteiger partial charge in [-0.15, -0.1) is 0 Å². The summed E-state index contributed by atoms with van der Waals surface area (Å²) >= 11 is 6.35. The molecule has 25 heavy (non-hydrogen) atoms. The molecule has 0 radical (unpaired) electrons. The Morgan fingerprint density at radius 2 is 1.84 bits per heavy atom. The Morgan fingerprint density at radius 3 is 2.44 bits per heavy atom. The SMILES string of the molecule is CC1CN(c2nc3ccccc3nc2Cl)CCN1C(=O)OC(C)(C)C. The molecule has 1 saturated heterocycles. The summed E-state index contributed by atoms with van der Waals surface area (Å²) in [5.74, 6) is 0.663. The molecule has 0 bridgehead atoms. The molecule has 0 N–H and O–H groups in total. The highest BCUT2D eigenvalue weighted by Crippen LogP contribution is 2.27. The Morgan fingerprint density at radius 1 is 1.20 bits per heavy atom. The zero-order valence-corrected chi connectivity index (χ0v) is 15.7. The lowest BCUT2D eigenvalue weighted by molar-refractivity contribution is 0.0158. The third kappa shape index (κ3) is 3.95. The number of carbonyl (C=O) groups is 1. The first-order valence-electron chi connectivity index (χ1n) is 8.41. The molecule has 1 aromatic heterocycles. The molecule has 134 valence electrons. The number of amides is 1. The van der Waals surface area contributed by atoms with Gasteiger partial charge in [0.2, 0.25) is 0 Å². The van der Waals surface area contributed by atoms with Gasteiger partial charge in [-0.1, -0.05) is 23.7 Å². The van der Waals surface area contributed by atoms with Crippen LogP contribution in [0.5, 0.6) is 0 Å². The van der Waals surface area contributed by atoms with Crippen molar-refractivity contribution in [2.24, 2.45) is 0 Å². The Labute approximate surface area is 152 Å². The highest BCUT2D eigenvalue weighted by atomic mass is 35.5. The summed E-state index contributed by atoms with van der Waals surface area (Å²) in [5, 5.41) is 0.386. The highest BCUT2D eigenvalue weighted by molar-refractivity contribution is 6.32. The number of hydrogen-bond donors (Lipinski definition) is 0. The average molecular weight is 363 g/mol. The number of fused-ring (bicyclic) bond motifs is 1. The van der Waals surface area contributed by atoms with Gasteiger partial charge in [0.05, 0.1) is 11.0 Å². The van der Waals surface area contributed by atoms with Gasteiger partial charge < -0.3 is 14.5 Å². The van der Waals surface area contributed by atoms with Crippen LogP contribution in [0.2, 0.25) is 5.15 Å². The zero-order valence-electron chi connectivity index (χ0n) is 15.0. The topological polar surface area (TPSA) is 58.6 Å². The zero-order chi connectivity index (χ0) is 18.2. The van der Waals surface area contributed by atoms with Crippen LogP contribution in [0.15, 0.2) is 24.3 Å². The van der Waals surface area contributed by atoms with Crippen LogP contribution in [0.25, 0.3) is 11.0 Å². The summed E-state index contributed by atoms with van der Waals surface area (Å²) in [6.45, 7) is 9.43. The van der Waals surface area contributed by atoms with E-state index in [1.54, 1.807) is 4.90 Å². The molecule has 1 amide bonds. The minimum absolute atomic E-state index is 0.00654. The number of anilines is 1. The third-order valence-corrected chi connectivity index (χ3v) is 4.32. The molecule has 1 aliphatic rings. The molecule has 1 aliphatic heterocycles. The molecule has 1 atom stereocenters. The van der Waals surface area contributed by atoms with Crippen LogP contribution in [-0.2, 0) is 4.74 Å². The van der Waals surface area contributed by atoms with Crippen LogP contribution in [0.1, 0.15) is 27.7 Å². The van der Waals surface area contributed by atoms with Crippen molar-refractivity contribution < 1.29 is 9.53 Å². The molecule has 3 rings (SSSR count). The van der Waals surface area contributed by atoms with E-state index in [-0.39, 0.29) is 12.1 Å². The van der Waals surface area contributed by atoms with E-state index in [2.05, 4.69) is 14.9 Å². The highest BCUT2D eigenvalue weighted by Gasteiger charge is 2.32. The third-order valence-electron chi connectivity index (χ3n) is 4.07. The lowest BCUT2D eigenvalue weighted by atomic mass is 10.2. The van der Waals surface area contributed by atoms with E-state index in [0.717, 1.165) is 11.0 Å². The number of carbonyl (C=O) groups excluding carboxylic acids is 1. The maximum absolute atomic E-state index is 12.3. The Bertz CT molecular complexity index is 790. The van der Waals surface area contributed by atoms with Crippen LogP contribution < -0.4 is 4.90 Å². The largest absolute Gasteiger partial charge is 0.444 e. The van der Waals surface area contributed by atoms with Gasteiger partial charge in [-0.25, -0.2) is 14.8 Å². The molecular weight excluding hydrogens is 340 g/mol. The smallest absolute Gasteiger partial charge is 0.410 e. The number of rotatable bonds is 1. The fraction of sp³-hybridized carbons (Fsp3) is 0.500. The van der Waals surface area contributed by atoms with E-state index in [9.17, 15) is 4.79 Å². The number of hydrogen-bond acceptors (Lipinski definition) is 5. The second kappa shape index (κ2) is 6.67. The van der Waals surface area contributed by atoms with E-state index in [1.165, 1.54) is 0 Å². The first-order chi connectivity index (χ1) is 11.7. The van der Waals surface area contributed by atoms with Gasteiger partial charge in [-0.2, -0.15) is 0 Å². The molecular formula is C18H23ClN4O2. The van der Waals surface area contributed by atoms with Gasteiger partial charge in [0.15, 0.2) is 11.0 Å². The van der Waals surface area contributed by atoms with Gasteiger partial charge in [-0.3, -0.25) is 0 Å². The van der Waals surface area contributed by atoms with Crippen LogP contribution in [0, 0.1) is 0 Å². The maximum atomic E-state index is 12.3. The van der Waals surface area contributed by atoms with E-state index < -0.39 is 5.60 Å². The lowest BCUT2D eigenvalue weighted by Crippen LogP contribution is -2.55. The number of nitrogens with zero attached hydrogens (tertiary/aromatic N) is 4. The Kier molecular flexibility index (Phi) is 4.73. The van der Waals surface area contributed by atoms with Crippen molar-refractivity contribution in [3.63, 3.8) is 0 Å². The molecule has 0 saturated carbocycles. The van der Waals surface area contributed by atoms with Crippen LogP contribution in [0.4, 0.5) is 10.6 Å². The Balaban J connectivity index is 1.77. The summed E-state index contributed by atoms with van der Waals surface area (Å²) in [6, 6.07) is 7.64. The quantitative estimate of drug-likeness (QED) is 0.773. The first-order valence-corrected chi connectivity index (χ1v) is 8.79. The molecule has 0 spiro atoms. The molecule has 1 unspecified atom stereocenters. The van der Waals surface area contributed by atoms with Crippen LogP contribution in [-0.4, -0.2) is 52.2 Å². The standard InChI is InChI=1S/C18H23ClN4O2/c1-12-11-22(9-10-23(12)17(24)25-18(2,3)4)16-15(19)20-13-7-5-6-8-14(13)21-16/h5-8,12H,9-11H2,1-4H3. The van der Waals surface area contributed by atoms with Crippen molar-refractivity contribution in [3.8, 4) is 0 Å². The van der Waals surface area contributed by atoms with Crippen molar-refractivity contribution in [2.45, 2.75) is 39.3 Å². The van der Waals surface area contributed by atoms with Gasteiger partial charge in [0.1, 0.15) is 5.60 Å². The monoisotopic (exact) mass is 362 g/mol. The summed E-state index contributed by atoms with van der Waals surface area (Å²) in [7, 11) is 0. The van der Waals surface area contributed by atoms with Crippen molar-refractivity contribution in [2.75, 3.05) is 24.5 Å². The van der Waals surface area contributed by atoms with E-state index in [0.29, 0.717) is 30.6 Å². The van der Waals surface area contributed by atoms with Crippen molar-refractivity contribution in [3.05, 3.63) is 29.4 Å². The summed E-state index contributed by atoms with van der Waals surface area (Å²) < 4.78 is 5.48. The van der Waals surface area contributed by atoms with Crippen molar-refractivity contribution in [1.29, 1.82) is 0 Å². The van der Waals surface area contributed by atoms with E-state index in [4.69, 9.17) is 16.3 Å². The number of aromatic nitrogens is 2. The maximum Gasteiger partial charge on any atom is 0.410 e. The summed E-state index contributed by atoms with van der Waals surface area (Å²) in [6.07, 6.45) is -0.282. The number of ether oxygens (including phenoxy) is 1. The summed E-state index contributed by atoms with van der Waals surface area (Å²) in [5.41, 5.74) is 1.09. The molecule has 0 aliphatic carbocycles. The predicted molar refractivity (Wildman–Crippen MR) is 99.2 cm³/mol. The predicted octanol–water partition coefficient (Wildman–Crippen LogP) is 3.73. The molecule has 7 heteroatoms. The minimum Gasteiger partial charge on any atom is -0.444 e. The van der Waals surface area contributed by atoms with Gasteiger partial charge >= 0.3 is 6.09 Å².